The molecular formula is C16H21NO2. The third kappa shape index (κ3) is 3.38. The van der Waals surface area contributed by atoms with Crippen LogP contribution in [0, 0.1) is 6.92 Å². The van der Waals surface area contributed by atoms with Crippen molar-refractivity contribution >= 4 is 0 Å². The predicted octanol–water partition coefficient (Wildman–Crippen LogP) is 3.49. The molecule has 0 aliphatic carbocycles. The number of benzene rings is 1. The van der Waals surface area contributed by atoms with Gasteiger partial charge in [-0.1, -0.05) is 19.1 Å². The lowest BCUT2D eigenvalue weighted by Gasteiger charge is -2.17. The molecule has 0 saturated heterocycles. The van der Waals surface area contributed by atoms with Gasteiger partial charge in [-0.3, -0.25) is 0 Å². The average Bonchev–Trinajstić information content (AvgIpc) is 2.85. The summed E-state index contributed by atoms with van der Waals surface area (Å²) in [5.41, 5.74) is 2.43. The highest BCUT2D eigenvalue weighted by atomic mass is 16.5. The minimum Gasteiger partial charge on any atom is -0.497 e. The molecule has 1 unspecified atom stereocenters. The van der Waals surface area contributed by atoms with Crippen LogP contribution in [0.4, 0.5) is 0 Å². The van der Waals surface area contributed by atoms with Crippen molar-refractivity contribution in [2.24, 2.45) is 0 Å². The summed E-state index contributed by atoms with van der Waals surface area (Å²) in [6.45, 7) is 5.10. The molecule has 1 N–H and O–H groups in total. The van der Waals surface area contributed by atoms with E-state index in [0.717, 1.165) is 24.5 Å². The molecule has 3 heteroatoms. The zero-order valence-electron chi connectivity index (χ0n) is 11.8. The number of likely N-dealkylation sites (N-methyl/N-ethyl adjacent to an activating group) is 1. The lowest BCUT2D eigenvalue weighted by molar-refractivity contribution is 0.407. The lowest BCUT2D eigenvalue weighted by atomic mass is 10.0. The Kier molecular flexibility index (Phi) is 4.63. The highest BCUT2D eigenvalue weighted by Gasteiger charge is 2.16. The van der Waals surface area contributed by atoms with E-state index in [1.165, 1.54) is 11.1 Å². The molecular weight excluding hydrogens is 238 g/mol. The molecule has 0 aliphatic rings. The summed E-state index contributed by atoms with van der Waals surface area (Å²) in [4.78, 5) is 0. The quantitative estimate of drug-likeness (QED) is 0.862. The molecule has 1 heterocycles. The Hall–Kier alpha value is -1.74. The van der Waals surface area contributed by atoms with E-state index in [0.29, 0.717) is 0 Å². The largest absolute Gasteiger partial charge is 0.497 e. The summed E-state index contributed by atoms with van der Waals surface area (Å²) in [6.07, 6.45) is 2.64. The summed E-state index contributed by atoms with van der Waals surface area (Å²) < 4.78 is 10.9. The standard InChI is InChI=1S/C16H21NO2/c1-4-17-15(16-12(2)8-9-19-16)11-13-6-5-7-14(10-13)18-3/h5-10,15,17H,4,11H2,1-3H3. The van der Waals surface area contributed by atoms with Crippen molar-refractivity contribution in [3.8, 4) is 5.75 Å². The molecule has 1 aromatic carbocycles. The fraction of sp³-hybridized carbons (Fsp3) is 0.375. The highest BCUT2D eigenvalue weighted by molar-refractivity contribution is 5.30. The van der Waals surface area contributed by atoms with E-state index in [1.807, 2.05) is 18.2 Å². The van der Waals surface area contributed by atoms with E-state index >= 15 is 0 Å². The molecule has 19 heavy (non-hydrogen) atoms. The van der Waals surface area contributed by atoms with E-state index in [2.05, 4.69) is 31.3 Å². The van der Waals surface area contributed by atoms with Crippen LogP contribution in [0.25, 0.3) is 0 Å². The Labute approximate surface area is 114 Å². The number of rotatable bonds is 6. The Morgan fingerprint density at radius 2 is 2.16 bits per heavy atom. The molecule has 0 amide bonds. The molecule has 2 aromatic rings. The second-order valence-electron chi connectivity index (χ2n) is 4.63. The molecule has 0 saturated carbocycles. The number of hydrogen-bond acceptors (Lipinski definition) is 3. The van der Waals surface area contributed by atoms with Crippen LogP contribution in [-0.4, -0.2) is 13.7 Å². The number of aryl methyl sites for hydroxylation is 1. The Morgan fingerprint density at radius 1 is 1.32 bits per heavy atom. The zero-order valence-corrected chi connectivity index (χ0v) is 11.8. The van der Waals surface area contributed by atoms with Crippen LogP contribution in [0.5, 0.6) is 5.75 Å². The van der Waals surface area contributed by atoms with Crippen molar-refractivity contribution in [1.82, 2.24) is 5.32 Å². The van der Waals surface area contributed by atoms with E-state index in [4.69, 9.17) is 9.15 Å². The molecule has 1 atom stereocenters. The van der Waals surface area contributed by atoms with E-state index in [9.17, 15) is 0 Å². The average molecular weight is 259 g/mol. The molecule has 1 aromatic heterocycles. The number of furan rings is 1. The van der Waals surface area contributed by atoms with Crippen LogP contribution in [0.3, 0.4) is 0 Å². The molecule has 102 valence electrons. The summed E-state index contributed by atoms with van der Waals surface area (Å²) in [6, 6.07) is 10.4. The topological polar surface area (TPSA) is 34.4 Å². The van der Waals surface area contributed by atoms with E-state index < -0.39 is 0 Å². The van der Waals surface area contributed by atoms with E-state index in [-0.39, 0.29) is 6.04 Å². The van der Waals surface area contributed by atoms with Crippen LogP contribution in [-0.2, 0) is 6.42 Å². The number of nitrogens with one attached hydrogen (secondary N) is 1. The van der Waals surface area contributed by atoms with Gasteiger partial charge in [0.1, 0.15) is 11.5 Å². The van der Waals surface area contributed by atoms with Crippen molar-refractivity contribution in [1.29, 1.82) is 0 Å². The maximum absolute atomic E-state index is 5.61. The van der Waals surface area contributed by atoms with Crippen molar-refractivity contribution in [2.75, 3.05) is 13.7 Å². The molecule has 0 radical (unpaired) electrons. The maximum Gasteiger partial charge on any atom is 0.123 e. The van der Waals surface area contributed by atoms with Crippen LogP contribution >= 0.6 is 0 Å². The Bertz CT molecular complexity index is 519. The first-order valence-electron chi connectivity index (χ1n) is 6.65. The van der Waals surface area contributed by atoms with Crippen LogP contribution < -0.4 is 10.1 Å². The van der Waals surface area contributed by atoms with Gasteiger partial charge in [-0.15, -0.1) is 0 Å². The van der Waals surface area contributed by atoms with Crippen LogP contribution in [0.2, 0.25) is 0 Å². The molecule has 0 spiro atoms. The molecule has 3 nitrogen and oxygen atoms in total. The van der Waals surface area contributed by atoms with Gasteiger partial charge in [-0.05, 0) is 49.2 Å². The van der Waals surface area contributed by atoms with Crippen molar-refractivity contribution in [3.63, 3.8) is 0 Å². The van der Waals surface area contributed by atoms with Crippen molar-refractivity contribution < 1.29 is 9.15 Å². The second kappa shape index (κ2) is 6.43. The van der Waals surface area contributed by atoms with Gasteiger partial charge in [-0.2, -0.15) is 0 Å². The summed E-state index contributed by atoms with van der Waals surface area (Å²) >= 11 is 0. The third-order valence-electron chi connectivity index (χ3n) is 3.24. The summed E-state index contributed by atoms with van der Waals surface area (Å²) in [5.74, 6) is 1.91. The zero-order chi connectivity index (χ0) is 13.7. The van der Waals surface area contributed by atoms with E-state index in [1.54, 1.807) is 13.4 Å². The number of hydrogen-bond donors (Lipinski definition) is 1. The first-order valence-corrected chi connectivity index (χ1v) is 6.65. The maximum atomic E-state index is 5.61. The molecule has 2 rings (SSSR count). The van der Waals surface area contributed by atoms with Crippen molar-refractivity contribution in [2.45, 2.75) is 26.3 Å². The highest BCUT2D eigenvalue weighted by Crippen LogP contribution is 2.24. The Balaban J connectivity index is 2.18. The monoisotopic (exact) mass is 259 g/mol. The van der Waals surface area contributed by atoms with Gasteiger partial charge in [0.2, 0.25) is 0 Å². The summed E-state index contributed by atoms with van der Waals surface area (Å²) in [7, 11) is 1.69. The van der Waals surface area contributed by atoms with Crippen molar-refractivity contribution in [3.05, 3.63) is 53.5 Å². The molecule has 0 bridgehead atoms. The van der Waals surface area contributed by atoms with Crippen LogP contribution in [0.1, 0.15) is 29.9 Å². The third-order valence-corrected chi connectivity index (χ3v) is 3.24. The number of methoxy groups -OCH3 is 1. The summed E-state index contributed by atoms with van der Waals surface area (Å²) in [5, 5.41) is 3.48. The molecule has 0 fully saturated rings. The minimum atomic E-state index is 0.201. The van der Waals surface area contributed by atoms with Gasteiger partial charge >= 0.3 is 0 Å². The van der Waals surface area contributed by atoms with Gasteiger partial charge in [-0.25, -0.2) is 0 Å². The van der Waals surface area contributed by atoms with Gasteiger partial charge in [0, 0.05) is 0 Å². The number of ether oxygens (including phenoxy) is 1. The SMILES string of the molecule is CCNC(Cc1cccc(OC)c1)c1occc1C. The fourth-order valence-electron chi connectivity index (χ4n) is 2.28. The predicted molar refractivity (Wildman–Crippen MR) is 76.6 cm³/mol. The van der Waals surface area contributed by atoms with Gasteiger partial charge in [0.05, 0.1) is 19.4 Å². The van der Waals surface area contributed by atoms with Gasteiger partial charge in [0.15, 0.2) is 0 Å². The molecule has 0 aliphatic heterocycles. The first-order chi connectivity index (χ1) is 9.24. The Morgan fingerprint density at radius 3 is 2.79 bits per heavy atom. The van der Waals surface area contributed by atoms with Gasteiger partial charge in [0.25, 0.3) is 0 Å². The minimum absolute atomic E-state index is 0.201. The normalized spacial score (nSPS) is 12.4. The van der Waals surface area contributed by atoms with Crippen LogP contribution in [0.15, 0.2) is 41.0 Å². The first kappa shape index (κ1) is 13.7. The smallest absolute Gasteiger partial charge is 0.123 e. The van der Waals surface area contributed by atoms with Gasteiger partial charge < -0.3 is 14.5 Å². The lowest BCUT2D eigenvalue weighted by Crippen LogP contribution is -2.23. The second-order valence-corrected chi connectivity index (χ2v) is 4.63. The fourth-order valence-corrected chi connectivity index (χ4v) is 2.28.